The molecule has 0 bridgehead atoms. The number of carboxylic acid groups (broad SMARTS) is 1. The summed E-state index contributed by atoms with van der Waals surface area (Å²) in [5, 5.41) is 8.93. The molecule has 2 aromatic rings. The van der Waals surface area contributed by atoms with E-state index in [0.717, 1.165) is 11.3 Å². The Balaban J connectivity index is 2.12. The smallest absolute Gasteiger partial charge is 0.335 e. The van der Waals surface area contributed by atoms with Gasteiger partial charge in [-0.3, -0.25) is 0 Å². The number of hydrogen-bond donors (Lipinski definition) is 1. The first-order valence-electron chi connectivity index (χ1n) is 5.95. The number of ether oxygens (including phenoxy) is 1. The van der Waals surface area contributed by atoms with E-state index in [-0.39, 0.29) is 5.56 Å². The van der Waals surface area contributed by atoms with Crippen molar-refractivity contribution >= 4 is 17.1 Å². The van der Waals surface area contributed by atoms with Gasteiger partial charge in [-0.25, -0.2) is 4.79 Å². The predicted octanol–water partition coefficient (Wildman–Crippen LogP) is 2.70. The molecule has 104 valence electrons. The third-order valence-corrected chi connectivity index (χ3v) is 4.18. The lowest BCUT2D eigenvalue weighted by Gasteiger charge is -2.11. The van der Waals surface area contributed by atoms with Crippen molar-refractivity contribution in [3.05, 3.63) is 59.7 Å². The summed E-state index contributed by atoms with van der Waals surface area (Å²) in [6.07, 6.45) is 0. The Hall–Kier alpha value is -1.98. The molecule has 4 nitrogen and oxygen atoms in total. The molecule has 1 N–H and O–H groups in total. The van der Waals surface area contributed by atoms with Crippen LogP contribution in [0, 0.1) is 0 Å². The van der Waals surface area contributed by atoms with Crippen molar-refractivity contribution in [2.24, 2.45) is 0 Å². The second-order valence-electron chi connectivity index (χ2n) is 4.17. The molecule has 1 unspecified atom stereocenters. The van der Waals surface area contributed by atoms with E-state index in [4.69, 9.17) is 9.84 Å². The number of hydrogen-bond acceptors (Lipinski definition) is 3. The maximum absolute atomic E-state index is 12.2. The van der Waals surface area contributed by atoms with Crippen LogP contribution in [0.5, 0.6) is 5.75 Å². The third-order valence-electron chi connectivity index (χ3n) is 2.80. The summed E-state index contributed by atoms with van der Waals surface area (Å²) in [5.74, 6) is 0.0632. The maximum Gasteiger partial charge on any atom is 0.335 e. The fraction of sp³-hybridized carbons (Fsp3) is 0.133. The molecule has 20 heavy (non-hydrogen) atoms. The van der Waals surface area contributed by atoms with Gasteiger partial charge in [0.15, 0.2) is 4.90 Å². The van der Waals surface area contributed by atoms with Crippen LogP contribution in [0.2, 0.25) is 0 Å². The van der Waals surface area contributed by atoms with Crippen molar-refractivity contribution in [2.75, 3.05) is 7.11 Å². The molecule has 0 saturated heterocycles. The lowest BCUT2D eigenvalue weighted by Crippen LogP contribution is -2.06. The van der Waals surface area contributed by atoms with Gasteiger partial charge in [-0.2, -0.15) is 0 Å². The van der Waals surface area contributed by atoms with Crippen LogP contribution in [0.15, 0.2) is 53.4 Å². The van der Waals surface area contributed by atoms with E-state index in [1.807, 2.05) is 12.1 Å². The Kier molecular flexibility index (Phi) is 4.65. The average molecular weight is 290 g/mol. The molecule has 1 atom stereocenters. The fourth-order valence-electron chi connectivity index (χ4n) is 1.73. The lowest BCUT2D eigenvalue weighted by molar-refractivity contribution is 0.0696. The molecule has 0 aliphatic heterocycles. The van der Waals surface area contributed by atoms with Gasteiger partial charge in [-0.1, -0.05) is 18.2 Å². The molecule has 0 radical (unpaired) electrons. The van der Waals surface area contributed by atoms with Crippen molar-refractivity contribution < 1.29 is 19.2 Å². The number of benzene rings is 2. The van der Waals surface area contributed by atoms with E-state index in [1.165, 1.54) is 12.1 Å². The van der Waals surface area contributed by atoms with Crippen LogP contribution in [0.25, 0.3) is 0 Å². The molecule has 5 heteroatoms. The van der Waals surface area contributed by atoms with E-state index in [0.29, 0.717) is 10.6 Å². The zero-order chi connectivity index (χ0) is 14.5. The minimum absolute atomic E-state index is 0.144. The Labute approximate surface area is 120 Å². The topological polar surface area (TPSA) is 69.6 Å². The summed E-state index contributed by atoms with van der Waals surface area (Å²) in [5.41, 5.74) is 1.05. The van der Waals surface area contributed by atoms with Crippen molar-refractivity contribution in [3.63, 3.8) is 0 Å². The van der Waals surface area contributed by atoms with Crippen molar-refractivity contribution in [2.45, 2.75) is 10.6 Å². The Morgan fingerprint density at radius 3 is 2.55 bits per heavy atom. The number of methoxy groups -OCH3 is 1. The van der Waals surface area contributed by atoms with Gasteiger partial charge in [0.05, 0.1) is 12.7 Å². The summed E-state index contributed by atoms with van der Waals surface area (Å²) in [6, 6.07) is 13.5. The second kappa shape index (κ2) is 6.45. The standard InChI is InChI=1S/C15H14O4S/c1-19-13-7-5-11(6-8-13)10-20(18)14-4-2-3-12(9-14)15(16)17/h2-9H,10H2,1H3,(H,16,17). The maximum atomic E-state index is 12.2. The molecule has 2 aromatic carbocycles. The van der Waals surface area contributed by atoms with Crippen molar-refractivity contribution in [1.82, 2.24) is 0 Å². The highest BCUT2D eigenvalue weighted by atomic mass is 32.2. The van der Waals surface area contributed by atoms with Crippen LogP contribution in [0.3, 0.4) is 0 Å². The highest BCUT2D eigenvalue weighted by molar-refractivity contribution is 7.90. The van der Waals surface area contributed by atoms with Gasteiger partial charge in [0.2, 0.25) is 0 Å². The van der Waals surface area contributed by atoms with Gasteiger partial charge in [0, 0.05) is 11.6 Å². The van der Waals surface area contributed by atoms with Gasteiger partial charge < -0.3 is 14.4 Å². The molecular formula is C15H14O4S. The summed E-state index contributed by atoms with van der Waals surface area (Å²) in [4.78, 5) is 11.4. The molecule has 0 saturated carbocycles. The summed E-state index contributed by atoms with van der Waals surface area (Å²) in [6.45, 7) is 0. The zero-order valence-electron chi connectivity index (χ0n) is 10.9. The minimum Gasteiger partial charge on any atom is -0.611 e. The first-order valence-corrected chi connectivity index (χ1v) is 7.26. The lowest BCUT2D eigenvalue weighted by atomic mass is 10.2. The fourth-order valence-corrected chi connectivity index (χ4v) is 2.88. The van der Waals surface area contributed by atoms with E-state index in [1.54, 1.807) is 31.4 Å². The van der Waals surface area contributed by atoms with Crippen LogP contribution in [-0.4, -0.2) is 22.7 Å². The van der Waals surface area contributed by atoms with Crippen LogP contribution in [0.4, 0.5) is 0 Å². The van der Waals surface area contributed by atoms with Gasteiger partial charge in [-0.05, 0) is 35.4 Å². The van der Waals surface area contributed by atoms with E-state index < -0.39 is 17.1 Å². The van der Waals surface area contributed by atoms with E-state index in [9.17, 15) is 9.35 Å². The molecule has 0 fully saturated rings. The summed E-state index contributed by atoms with van der Waals surface area (Å²) < 4.78 is 17.3. The summed E-state index contributed by atoms with van der Waals surface area (Å²) >= 11 is -1.27. The Morgan fingerprint density at radius 2 is 1.95 bits per heavy atom. The van der Waals surface area contributed by atoms with Crippen LogP contribution in [0.1, 0.15) is 15.9 Å². The van der Waals surface area contributed by atoms with Crippen molar-refractivity contribution in [1.29, 1.82) is 0 Å². The molecule has 0 amide bonds. The summed E-state index contributed by atoms with van der Waals surface area (Å²) in [7, 11) is 1.59. The molecule has 0 aromatic heterocycles. The van der Waals surface area contributed by atoms with E-state index >= 15 is 0 Å². The first kappa shape index (κ1) is 14.4. The molecule has 0 spiro atoms. The van der Waals surface area contributed by atoms with Crippen molar-refractivity contribution in [3.8, 4) is 5.75 Å². The van der Waals surface area contributed by atoms with Gasteiger partial charge in [0.1, 0.15) is 11.5 Å². The normalized spacial score (nSPS) is 11.9. The van der Waals surface area contributed by atoms with Crippen LogP contribution < -0.4 is 4.74 Å². The molecule has 0 heterocycles. The Bertz CT molecular complexity index is 595. The van der Waals surface area contributed by atoms with Gasteiger partial charge in [0.25, 0.3) is 0 Å². The average Bonchev–Trinajstić information content (AvgIpc) is 2.48. The minimum atomic E-state index is -1.27. The second-order valence-corrected chi connectivity index (χ2v) is 5.62. The van der Waals surface area contributed by atoms with Gasteiger partial charge in [-0.15, -0.1) is 0 Å². The number of carbonyl (C=O) groups is 1. The monoisotopic (exact) mass is 290 g/mol. The largest absolute Gasteiger partial charge is 0.611 e. The number of aromatic carboxylic acids is 1. The first-order chi connectivity index (χ1) is 9.60. The van der Waals surface area contributed by atoms with Gasteiger partial charge >= 0.3 is 5.97 Å². The number of rotatable bonds is 5. The highest BCUT2D eigenvalue weighted by Crippen LogP contribution is 2.19. The van der Waals surface area contributed by atoms with E-state index in [2.05, 4.69) is 0 Å². The number of carboxylic acids is 1. The highest BCUT2D eigenvalue weighted by Gasteiger charge is 2.14. The zero-order valence-corrected chi connectivity index (χ0v) is 11.7. The molecular weight excluding hydrogens is 276 g/mol. The van der Waals surface area contributed by atoms with Crippen LogP contribution in [-0.2, 0) is 16.9 Å². The third kappa shape index (κ3) is 3.53. The predicted molar refractivity (Wildman–Crippen MR) is 76.5 cm³/mol. The quantitative estimate of drug-likeness (QED) is 0.860. The van der Waals surface area contributed by atoms with Crippen LogP contribution >= 0.6 is 0 Å². The molecule has 2 rings (SSSR count). The Morgan fingerprint density at radius 1 is 1.25 bits per heavy atom. The molecule has 0 aliphatic rings. The molecule has 0 aliphatic carbocycles. The SMILES string of the molecule is COc1ccc(C[S+]([O-])c2cccc(C(=O)O)c2)cc1.